The molecule has 5 N–H and O–H groups in total. The summed E-state index contributed by atoms with van der Waals surface area (Å²) in [6.07, 6.45) is 0. The summed E-state index contributed by atoms with van der Waals surface area (Å²) in [6, 6.07) is 8.52. The van der Waals surface area contributed by atoms with Crippen molar-refractivity contribution in [3.05, 3.63) is 47.3 Å². The van der Waals surface area contributed by atoms with Crippen molar-refractivity contribution in [3.63, 3.8) is 0 Å². The summed E-state index contributed by atoms with van der Waals surface area (Å²) < 4.78 is 0. The van der Waals surface area contributed by atoms with Crippen molar-refractivity contribution < 1.29 is 9.59 Å². The van der Waals surface area contributed by atoms with Crippen molar-refractivity contribution in [1.29, 1.82) is 0 Å². The third-order valence-electron chi connectivity index (χ3n) is 3.47. The number of hydrogen-bond donors (Lipinski definition) is 4. The van der Waals surface area contributed by atoms with Gasteiger partial charge in [-0.15, -0.1) is 12.4 Å². The van der Waals surface area contributed by atoms with Crippen molar-refractivity contribution in [2.45, 2.75) is 26.2 Å². The van der Waals surface area contributed by atoms with Crippen molar-refractivity contribution >= 4 is 29.9 Å². The Morgan fingerprint density at radius 1 is 1.20 bits per heavy atom. The van der Waals surface area contributed by atoms with E-state index in [9.17, 15) is 9.59 Å². The molecular formula is C17H24ClN5O2. The lowest BCUT2D eigenvalue weighted by atomic mass is 9.92. The topological polar surface area (TPSA) is 113 Å². The van der Waals surface area contributed by atoms with E-state index in [-0.39, 0.29) is 35.3 Å². The van der Waals surface area contributed by atoms with E-state index < -0.39 is 0 Å². The molecule has 0 aliphatic carbocycles. The second-order valence-electron chi connectivity index (χ2n) is 6.46. The van der Waals surface area contributed by atoms with E-state index in [4.69, 9.17) is 5.73 Å². The Morgan fingerprint density at radius 2 is 1.88 bits per heavy atom. The van der Waals surface area contributed by atoms with Crippen LogP contribution in [-0.4, -0.2) is 35.1 Å². The molecule has 0 unspecified atom stereocenters. The summed E-state index contributed by atoms with van der Waals surface area (Å²) in [5, 5.41) is 12.3. The standard InChI is InChI=1S/C17H23N5O2.ClH/c1-17(2,3)14-10-13(21-22-14)16(24)20-12-7-5-4-6-11(12)15(23)19-9-8-18;/h4-7,10H,8-9,18H2,1-3H3,(H,19,23)(H,20,24)(H,21,22);1H. The van der Waals surface area contributed by atoms with Gasteiger partial charge >= 0.3 is 0 Å². The summed E-state index contributed by atoms with van der Waals surface area (Å²) in [4.78, 5) is 24.5. The summed E-state index contributed by atoms with van der Waals surface area (Å²) >= 11 is 0. The Bertz CT molecular complexity index is 737. The molecule has 25 heavy (non-hydrogen) atoms. The first-order valence-electron chi connectivity index (χ1n) is 7.77. The van der Waals surface area contributed by atoms with E-state index in [2.05, 4.69) is 20.8 Å². The Morgan fingerprint density at radius 3 is 2.48 bits per heavy atom. The third-order valence-corrected chi connectivity index (χ3v) is 3.47. The van der Waals surface area contributed by atoms with Crippen LogP contribution in [-0.2, 0) is 5.41 Å². The van der Waals surface area contributed by atoms with Crippen molar-refractivity contribution in [1.82, 2.24) is 15.5 Å². The summed E-state index contributed by atoms with van der Waals surface area (Å²) in [5.41, 5.74) is 7.20. The number of amides is 2. The van der Waals surface area contributed by atoms with Crippen molar-refractivity contribution in [3.8, 4) is 0 Å². The zero-order valence-electron chi connectivity index (χ0n) is 14.6. The van der Waals surface area contributed by atoms with E-state index in [1.54, 1.807) is 30.3 Å². The van der Waals surface area contributed by atoms with Gasteiger partial charge < -0.3 is 16.4 Å². The number of anilines is 1. The average Bonchev–Trinajstić information content (AvgIpc) is 3.03. The summed E-state index contributed by atoms with van der Waals surface area (Å²) in [6.45, 7) is 6.80. The van der Waals surface area contributed by atoms with Crippen LogP contribution in [0.1, 0.15) is 47.3 Å². The van der Waals surface area contributed by atoms with Gasteiger partial charge in [0.2, 0.25) is 0 Å². The molecule has 7 nitrogen and oxygen atoms in total. The minimum atomic E-state index is -0.374. The second kappa shape index (κ2) is 8.64. The number of aromatic nitrogens is 2. The molecule has 0 aliphatic rings. The van der Waals surface area contributed by atoms with E-state index in [0.29, 0.717) is 24.3 Å². The molecule has 2 amide bonds. The number of carbonyl (C=O) groups is 2. The second-order valence-corrected chi connectivity index (χ2v) is 6.46. The van der Waals surface area contributed by atoms with E-state index in [1.807, 2.05) is 20.8 Å². The maximum atomic E-state index is 12.4. The van der Waals surface area contributed by atoms with Crippen LogP contribution in [0, 0.1) is 0 Å². The van der Waals surface area contributed by atoms with Crippen LogP contribution in [0.2, 0.25) is 0 Å². The predicted molar refractivity (Wildman–Crippen MR) is 100 cm³/mol. The van der Waals surface area contributed by atoms with Crippen LogP contribution in [0.15, 0.2) is 30.3 Å². The highest BCUT2D eigenvalue weighted by Crippen LogP contribution is 2.21. The fourth-order valence-electron chi connectivity index (χ4n) is 2.08. The molecule has 0 spiro atoms. The quantitative estimate of drug-likeness (QED) is 0.649. The lowest BCUT2D eigenvalue weighted by molar-refractivity contribution is 0.0955. The maximum absolute atomic E-state index is 12.4. The van der Waals surface area contributed by atoms with Gasteiger partial charge in [-0.05, 0) is 18.2 Å². The Hall–Kier alpha value is -2.38. The van der Waals surface area contributed by atoms with Gasteiger partial charge in [0.05, 0.1) is 11.3 Å². The molecule has 0 bridgehead atoms. The van der Waals surface area contributed by atoms with Gasteiger partial charge in [0.1, 0.15) is 0 Å². The number of rotatable bonds is 5. The van der Waals surface area contributed by atoms with E-state index >= 15 is 0 Å². The molecule has 0 aliphatic heterocycles. The van der Waals surface area contributed by atoms with Gasteiger partial charge in [-0.25, -0.2) is 0 Å². The molecule has 1 aromatic carbocycles. The molecule has 1 aromatic heterocycles. The number of nitrogens with zero attached hydrogens (tertiary/aromatic N) is 1. The van der Waals surface area contributed by atoms with Crippen LogP contribution < -0.4 is 16.4 Å². The molecule has 0 fully saturated rings. The van der Waals surface area contributed by atoms with Gasteiger partial charge in [0.25, 0.3) is 11.8 Å². The maximum Gasteiger partial charge on any atom is 0.276 e. The summed E-state index contributed by atoms with van der Waals surface area (Å²) in [5.74, 6) is -0.658. The Balaban J connectivity index is 0.00000312. The SMILES string of the molecule is CC(C)(C)c1cc(C(=O)Nc2ccccc2C(=O)NCCN)n[nH]1.Cl. The van der Waals surface area contributed by atoms with Gasteiger partial charge in [-0.1, -0.05) is 32.9 Å². The number of benzene rings is 1. The number of carbonyl (C=O) groups excluding carboxylic acids is 2. The smallest absolute Gasteiger partial charge is 0.276 e. The number of aromatic amines is 1. The highest BCUT2D eigenvalue weighted by molar-refractivity contribution is 6.08. The normalized spacial score (nSPS) is 10.7. The number of halogens is 1. The van der Waals surface area contributed by atoms with Gasteiger partial charge in [-0.2, -0.15) is 5.10 Å². The van der Waals surface area contributed by atoms with Crippen molar-refractivity contribution in [2.75, 3.05) is 18.4 Å². The molecular weight excluding hydrogens is 342 g/mol. The number of hydrogen-bond acceptors (Lipinski definition) is 4. The Labute approximate surface area is 153 Å². The largest absolute Gasteiger partial charge is 0.351 e. The summed E-state index contributed by atoms with van der Waals surface area (Å²) in [7, 11) is 0. The first kappa shape index (κ1) is 20.7. The minimum Gasteiger partial charge on any atom is -0.351 e. The van der Waals surface area contributed by atoms with Crippen LogP contribution in [0.4, 0.5) is 5.69 Å². The zero-order chi connectivity index (χ0) is 17.7. The Kier molecular flexibility index (Phi) is 7.14. The molecule has 0 radical (unpaired) electrons. The first-order chi connectivity index (χ1) is 11.3. The van der Waals surface area contributed by atoms with Gasteiger partial charge in [0.15, 0.2) is 5.69 Å². The average molecular weight is 366 g/mol. The molecule has 0 saturated heterocycles. The molecule has 136 valence electrons. The highest BCUT2D eigenvalue weighted by atomic mass is 35.5. The highest BCUT2D eigenvalue weighted by Gasteiger charge is 2.20. The fourth-order valence-corrected chi connectivity index (χ4v) is 2.08. The minimum absolute atomic E-state index is 0. The molecule has 1 heterocycles. The predicted octanol–water partition coefficient (Wildman–Crippen LogP) is 2.07. The number of H-pyrrole nitrogens is 1. The van der Waals surface area contributed by atoms with Crippen molar-refractivity contribution in [2.24, 2.45) is 5.73 Å². The molecule has 2 aromatic rings. The molecule has 8 heteroatoms. The van der Waals surface area contributed by atoms with Gasteiger partial charge in [-0.3, -0.25) is 14.7 Å². The monoisotopic (exact) mass is 365 g/mol. The van der Waals surface area contributed by atoms with Crippen LogP contribution in [0.25, 0.3) is 0 Å². The lowest BCUT2D eigenvalue weighted by Gasteiger charge is -2.14. The molecule has 2 rings (SSSR count). The van der Waals surface area contributed by atoms with E-state index in [1.165, 1.54) is 0 Å². The van der Waals surface area contributed by atoms with E-state index in [0.717, 1.165) is 5.69 Å². The van der Waals surface area contributed by atoms with Crippen LogP contribution in [0.5, 0.6) is 0 Å². The molecule has 0 saturated carbocycles. The first-order valence-corrected chi connectivity index (χ1v) is 7.77. The fraction of sp³-hybridized carbons (Fsp3) is 0.353. The zero-order valence-corrected chi connectivity index (χ0v) is 15.4. The number of nitrogens with two attached hydrogens (primary N) is 1. The number of para-hydroxylation sites is 1. The number of nitrogens with one attached hydrogen (secondary N) is 3. The van der Waals surface area contributed by atoms with Gasteiger partial charge in [0, 0.05) is 24.2 Å². The van der Waals surface area contributed by atoms with Crippen LogP contribution >= 0.6 is 12.4 Å². The third kappa shape index (κ3) is 5.30. The lowest BCUT2D eigenvalue weighted by Crippen LogP contribution is -2.30. The molecule has 0 atom stereocenters. The van der Waals surface area contributed by atoms with Crippen LogP contribution in [0.3, 0.4) is 0 Å².